The Balaban J connectivity index is 1.64. The van der Waals surface area contributed by atoms with Crippen molar-refractivity contribution >= 4 is 5.96 Å². The number of guanidine groups is 1. The highest BCUT2D eigenvalue weighted by atomic mass is 16.3. The number of aliphatic hydroxyl groups is 1. The fourth-order valence-corrected chi connectivity index (χ4v) is 2.88. The number of aliphatic hydroxyl groups excluding tert-OH is 1. The van der Waals surface area contributed by atoms with Gasteiger partial charge >= 0.3 is 0 Å². The number of hydrogen-bond donors (Lipinski definition) is 3. The van der Waals surface area contributed by atoms with Crippen molar-refractivity contribution in [2.45, 2.75) is 51.2 Å². The Morgan fingerprint density at radius 2 is 2.00 bits per heavy atom. The van der Waals surface area contributed by atoms with Gasteiger partial charge in [-0.3, -0.25) is 4.99 Å². The summed E-state index contributed by atoms with van der Waals surface area (Å²) in [5.41, 5.74) is 0. The molecule has 0 bridgehead atoms. The maximum absolute atomic E-state index is 9.50. The summed E-state index contributed by atoms with van der Waals surface area (Å²) in [6, 6.07) is 0.506. The molecular formula is C16H30N4O. The van der Waals surface area contributed by atoms with Gasteiger partial charge in [-0.25, -0.2) is 0 Å². The van der Waals surface area contributed by atoms with Crippen LogP contribution in [0.25, 0.3) is 0 Å². The third-order valence-corrected chi connectivity index (χ3v) is 4.15. The number of nitrogens with one attached hydrogen (secondary N) is 2. The lowest BCUT2D eigenvalue weighted by Crippen LogP contribution is -2.42. The molecule has 0 atom stereocenters. The standard InChI is InChI=1S/C16H30N4O/c1-2-17-16(19-14-6-3-4-7-14)18-10-5-11-20-12-8-15(21)9-13-20/h3-4,14-15,21H,2,5-13H2,1H3,(H2,17,18,19). The fraction of sp³-hybridized carbons (Fsp3) is 0.812. The van der Waals surface area contributed by atoms with E-state index in [0.717, 1.165) is 70.8 Å². The van der Waals surface area contributed by atoms with Crippen LogP contribution < -0.4 is 10.6 Å². The summed E-state index contributed by atoms with van der Waals surface area (Å²) in [4.78, 5) is 7.10. The first-order chi connectivity index (χ1) is 10.3. The minimum atomic E-state index is -0.0798. The number of hydrogen-bond acceptors (Lipinski definition) is 3. The van der Waals surface area contributed by atoms with Gasteiger partial charge in [0.05, 0.1) is 6.10 Å². The zero-order valence-electron chi connectivity index (χ0n) is 13.2. The predicted octanol–water partition coefficient (Wildman–Crippen LogP) is 1.11. The van der Waals surface area contributed by atoms with E-state index in [1.54, 1.807) is 0 Å². The number of nitrogens with zero attached hydrogens (tertiary/aromatic N) is 2. The van der Waals surface area contributed by atoms with Crippen LogP contribution in [0, 0.1) is 0 Å². The summed E-state index contributed by atoms with van der Waals surface area (Å²) in [5.74, 6) is 0.945. The van der Waals surface area contributed by atoms with Crippen molar-refractivity contribution in [3.63, 3.8) is 0 Å². The van der Waals surface area contributed by atoms with Gasteiger partial charge in [0.1, 0.15) is 0 Å². The molecule has 5 nitrogen and oxygen atoms in total. The summed E-state index contributed by atoms with van der Waals surface area (Å²) in [6.45, 7) is 6.99. The molecule has 120 valence electrons. The molecule has 1 saturated heterocycles. The van der Waals surface area contributed by atoms with Gasteiger partial charge in [0.2, 0.25) is 0 Å². The maximum atomic E-state index is 9.50. The zero-order valence-corrected chi connectivity index (χ0v) is 13.2. The van der Waals surface area contributed by atoms with Gasteiger partial charge in [-0.2, -0.15) is 0 Å². The van der Waals surface area contributed by atoms with Crippen molar-refractivity contribution in [2.24, 2.45) is 4.99 Å². The maximum Gasteiger partial charge on any atom is 0.191 e. The summed E-state index contributed by atoms with van der Waals surface area (Å²) >= 11 is 0. The molecule has 0 amide bonds. The molecule has 0 aromatic carbocycles. The molecule has 2 aliphatic rings. The Kier molecular flexibility index (Phi) is 7.03. The molecule has 21 heavy (non-hydrogen) atoms. The second-order valence-corrected chi connectivity index (χ2v) is 5.97. The van der Waals surface area contributed by atoms with Gasteiger partial charge in [0.25, 0.3) is 0 Å². The molecule has 1 aliphatic heterocycles. The molecule has 1 aliphatic carbocycles. The van der Waals surface area contributed by atoms with Crippen molar-refractivity contribution in [2.75, 3.05) is 32.7 Å². The van der Waals surface area contributed by atoms with E-state index in [1.807, 2.05) is 0 Å². The van der Waals surface area contributed by atoms with Crippen molar-refractivity contribution in [3.05, 3.63) is 12.2 Å². The highest BCUT2D eigenvalue weighted by Crippen LogP contribution is 2.10. The van der Waals surface area contributed by atoms with Crippen LogP contribution >= 0.6 is 0 Å². The van der Waals surface area contributed by atoms with Crippen molar-refractivity contribution in [1.82, 2.24) is 15.5 Å². The molecule has 0 aromatic rings. The first-order valence-electron chi connectivity index (χ1n) is 8.38. The second kappa shape index (κ2) is 9.05. The van der Waals surface area contributed by atoms with Crippen LogP contribution in [0.1, 0.15) is 39.0 Å². The molecule has 0 aromatic heterocycles. The SMILES string of the molecule is CCNC(=NCCCN1CCC(O)CC1)NC1CC=CC1. The summed E-state index contributed by atoms with van der Waals surface area (Å²) in [5, 5.41) is 16.3. The van der Waals surface area contributed by atoms with Gasteiger partial charge in [0.15, 0.2) is 5.96 Å². The molecule has 0 saturated carbocycles. The van der Waals surface area contributed by atoms with E-state index >= 15 is 0 Å². The molecule has 1 heterocycles. The second-order valence-electron chi connectivity index (χ2n) is 5.97. The van der Waals surface area contributed by atoms with E-state index in [2.05, 4.69) is 39.6 Å². The van der Waals surface area contributed by atoms with E-state index in [4.69, 9.17) is 0 Å². The minimum Gasteiger partial charge on any atom is -0.393 e. The van der Waals surface area contributed by atoms with Crippen LogP contribution in [0.15, 0.2) is 17.1 Å². The summed E-state index contributed by atoms with van der Waals surface area (Å²) < 4.78 is 0. The third-order valence-electron chi connectivity index (χ3n) is 4.15. The normalized spacial score (nSPS) is 21.9. The number of piperidine rings is 1. The lowest BCUT2D eigenvalue weighted by molar-refractivity contribution is 0.0824. The van der Waals surface area contributed by atoms with Crippen molar-refractivity contribution < 1.29 is 5.11 Å². The van der Waals surface area contributed by atoms with Gasteiger partial charge in [-0.05, 0) is 45.6 Å². The average molecular weight is 294 g/mol. The Bertz CT molecular complexity index is 340. The lowest BCUT2D eigenvalue weighted by atomic mass is 10.1. The first kappa shape index (κ1) is 16.3. The minimum absolute atomic E-state index is 0.0798. The molecule has 2 rings (SSSR count). The van der Waals surface area contributed by atoms with Crippen molar-refractivity contribution in [1.29, 1.82) is 0 Å². The monoisotopic (exact) mass is 294 g/mol. The Hall–Kier alpha value is -1.07. The van der Waals surface area contributed by atoms with Crippen LogP contribution in [0.4, 0.5) is 0 Å². The van der Waals surface area contributed by atoms with E-state index < -0.39 is 0 Å². The molecule has 1 fully saturated rings. The summed E-state index contributed by atoms with van der Waals surface area (Å²) in [6.07, 6.45) is 9.49. The molecule has 0 radical (unpaired) electrons. The Labute approximate surface area is 128 Å². The van der Waals surface area contributed by atoms with Crippen LogP contribution in [-0.4, -0.2) is 60.8 Å². The largest absolute Gasteiger partial charge is 0.393 e. The average Bonchev–Trinajstić information content (AvgIpc) is 2.98. The highest BCUT2D eigenvalue weighted by molar-refractivity contribution is 5.80. The summed E-state index contributed by atoms with van der Waals surface area (Å²) in [7, 11) is 0. The molecule has 0 unspecified atom stereocenters. The Morgan fingerprint density at radius 1 is 1.29 bits per heavy atom. The van der Waals surface area contributed by atoms with Crippen LogP contribution in [0.5, 0.6) is 0 Å². The number of rotatable bonds is 6. The van der Waals surface area contributed by atoms with Gasteiger partial charge in [-0.15, -0.1) is 0 Å². The fourth-order valence-electron chi connectivity index (χ4n) is 2.88. The number of aliphatic imine (C=N–C) groups is 1. The van der Waals surface area contributed by atoms with Gasteiger partial charge < -0.3 is 20.6 Å². The third kappa shape index (κ3) is 6.06. The molecule has 5 heteroatoms. The van der Waals surface area contributed by atoms with Crippen LogP contribution in [0.3, 0.4) is 0 Å². The smallest absolute Gasteiger partial charge is 0.191 e. The topological polar surface area (TPSA) is 59.9 Å². The van der Waals surface area contributed by atoms with E-state index in [0.29, 0.717) is 6.04 Å². The van der Waals surface area contributed by atoms with E-state index in [1.165, 1.54) is 0 Å². The van der Waals surface area contributed by atoms with Gasteiger partial charge in [-0.1, -0.05) is 12.2 Å². The van der Waals surface area contributed by atoms with Crippen molar-refractivity contribution in [3.8, 4) is 0 Å². The highest BCUT2D eigenvalue weighted by Gasteiger charge is 2.16. The lowest BCUT2D eigenvalue weighted by Gasteiger charge is -2.29. The predicted molar refractivity (Wildman–Crippen MR) is 87.6 cm³/mol. The van der Waals surface area contributed by atoms with Crippen LogP contribution in [-0.2, 0) is 0 Å². The first-order valence-corrected chi connectivity index (χ1v) is 8.38. The van der Waals surface area contributed by atoms with E-state index in [-0.39, 0.29) is 6.10 Å². The van der Waals surface area contributed by atoms with Crippen LogP contribution in [0.2, 0.25) is 0 Å². The van der Waals surface area contributed by atoms with Gasteiger partial charge in [0, 0.05) is 32.2 Å². The molecule has 3 N–H and O–H groups in total. The quantitative estimate of drug-likeness (QED) is 0.297. The zero-order chi connectivity index (χ0) is 14.9. The number of likely N-dealkylation sites (tertiary alicyclic amines) is 1. The Morgan fingerprint density at radius 3 is 2.67 bits per heavy atom. The molecule has 0 spiro atoms. The van der Waals surface area contributed by atoms with E-state index in [9.17, 15) is 5.11 Å². The molecular weight excluding hydrogens is 264 g/mol.